The summed E-state index contributed by atoms with van der Waals surface area (Å²) in [6.45, 7) is 4.68. The number of carbonyl (C=O) groups excluding carboxylic acids is 2. The molecule has 1 rings (SSSR count). The maximum absolute atomic E-state index is 11.7. The maximum Gasteiger partial charge on any atom is 0.219 e. The molecular weight excluding hydrogens is 228 g/mol. The Morgan fingerprint density at radius 1 is 1.17 bits per heavy atom. The smallest absolute Gasteiger partial charge is 0.219 e. The van der Waals surface area contributed by atoms with Crippen LogP contribution < -0.4 is 5.32 Å². The first-order valence-electron chi connectivity index (χ1n) is 7.19. The van der Waals surface area contributed by atoms with E-state index in [1.165, 1.54) is 25.7 Å². The highest BCUT2D eigenvalue weighted by Crippen LogP contribution is 2.21. The molecule has 0 aliphatic heterocycles. The van der Waals surface area contributed by atoms with Crippen LogP contribution in [0.4, 0.5) is 0 Å². The van der Waals surface area contributed by atoms with E-state index in [1.807, 2.05) is 11.8 Å². The van der Waals surface area contributed by atoms with Crippen molar-refractivity contribution in [2.45, 2.75) is 64.8 Å². The minimum atomic E-state index is 0.0550. The van der Waals surface area contributed by atoms with Crippen LogP contribution in [0.3, 0.4) is 0 Å². The maximum atomic E-state index is 11.7. The Labute approximate surface area is 110 Å². The fraction of sp³-hybridized carbons (Fsp3) is 0.857. The van der Waals surface area contributed by atoms with Gasteiger partial charge in [-0.1, -0.05) is 32.6 Å². The Kier molecular flexibility index (Phi) is 6.76. The molecule has 104 valence electrons. The van der Waals surface area contributed by atoms with Crippen molar-refractivity contribution < 1.29 is 9.59 Å². The number of rotatable bonds is 5. The van der Waals surface area contributed by atoms with Crippen LogP contribution in [0.1, 0.15) is 58.8 Å². The third-order valence-corrected chi connectivity index (χ3v) is 3.67. The van der Waals surface area contributed by atoms with Gasteiger partial charge in [0.1, 0.15) is 0 Å². The molecule has 0 spiro atoms. The van der Waals surface area contributed by atoms with Crippen molar-refractivity contribution in [1.29, 1.82) is 0 Å². The predicted octanol–water partition coefficient (Wildman–Crippen LogP) is 2.08. The topological polar surface area (TPSA) is 49.4 Å². The summed E-state index contributed by atoms with van der Waals surface area (Å²) in [5, 5.41) is 2.84. The van der Waals surface area contributed by atoms with Gasteiger partial charge < -0.3 is 10.2 Å². The molecule has 0 heterocycles. The minimum absolute atomic E-state index is 0.0550. The summed E-state index contributed by atoms with van der Waals surface area (Å²) in [5.41, 5.74) is 0. The molecule has 1 fully saturated rings. The van der Waals surface area contributed by atoms with Crippen LogP contribution in [0.2, 0.25) is 0 Å². The second-order valence-corrected chi connectivity index (χ2v) is 5.06. The normalized spacial score (nSPS) is 17.0. The number of nitrogens with zero attached hydrogens (tertiary/aromatic N) is 1. The number of nitrogens with one attached hydrogen (secondary N) is 1. The first-order valence-corrected chi connectivity index (χ1v) is 7.19. The van der Waals surface area contributed by atoms with E-state index >= 15 is 0 Å². The Morgan fingerprint density at radius 2 is 1.78 bits per heavy atom. The fourth-order valence-electron chi connectivity index (χ4n) is 2.61. The molecule has 2 amide bonds. The van der Waals surface area contributed by atoms with Gasteiger partial charge in [0, 0.05) is 32.5 Å². The van der Waals surface area contributed by atoms with Crippen LogP contribution in [0, 0.1) is 0 Å². The number of hydrogen-bond acceptors (Lipinski definition) is 2. The molecule has 0 unspecified atom stereocenters. The van der Waals surface area contributed by atoms with Gasteiger partial charge in [-0.2, -0.15) is 0 Å². The summed E-state index contributed by atoms with van der Waals surface area (Å²) in [5.74, 6) is 0.187. The van der Waals surface area contributed by atoms with Gasteiger partial charge in [-0.25, -0.2) is 0 Å². The summed E-state index contributed by atoms with van der Waals surface area (Å²) >= 11 is 0. The highest BCUT2D eigenvalue weighted by molar-refractivity contribution is 5.76. The van der Waals surface area contributed by atoms with Gasteiger partial charge in [0.05, 0.1) is 0 Å². The van der Waals surface area contributed by atoms with Crippen molar-refractivity contribution in [3.8, 4) is 0 Å². The van der Waals surface area contributed by atoms with Crippen LogP contribution in [0.5, 0.6) is 0 Å². The molecule has 1 aliphatic carbocycles. The van der Waals surface area contributed by atoms with Crippen LogP contribution in [0.25, 0.3) is 0 Å². The SMILES string of the molecule is CCC(=O)NCCN(C(C)=O)C1CCCCCC1. The van der Waals surface area contributed by atoms with E-state index in [9.17, 15) is 9.59 Å². The lowest BCUT2D eigenvalue weighted by molar-refractivity contribution is -0.132. The molecule has 0 aromatic carbocycles. The van der Waals surface area contributed by atoms with E-state index in [1.54, 1.807) is 6.92 Å². The zero-order valence-corrected chi connectivity index (χ0v) is 11.7. The molecular formula is C14H26N2O2. The van der Waals surface area contributed by atoms with Gasteiger partial charge >= 0.3 is 0 Å². The molecule has 0 radical (unpaired) electrons. The average molecular weight is 254 g/mol. The molecule has 1 saturated carbocycles. The average Bonchev–Trinajstić information content (AvgIpc) is 2.62. The van der Waals surface area contributed by atoms with Crippen molar-refractivity contribution >= 4 is 11.8 Å². The van der Waals surface area contributed by atoms with E-state index in [2.05, 4.69) is 5.32 Å². The lowest BCUT2D eigenvalue weighted by atomic mass is 10.1. The lowest BCUT2D eigenvalue weighted by Gasteiger charge is -2.30. The van der Waals surface area contributed by atoms with Crippen LogP contribution in [0.15, 0.2) is 0 Å². The third kappa shape index (κ3) is 5.07. The molecule has 1 N–H and O–H groups in total. The number of hydrogen-bond donors (Lipinski definition) is 1. The molecule has 4 heteroatoms. The van der Waals surface area contributed by atoms with Crippen LogP contribution in [-0.4, -0.2) is 35.8 Å². The van der Waals surface area contributed by atoms with E-state index in [4.69, 9.17) is 0 Å². The fourth-order valence-corrected chi connectivity index (χ4v) is 2.61. The summed E-state index contributed by atoms with van der Waals surface area (Å²) in [6.07, 6.45) is 7.74. The molecule has 0 bridgehead atoms. The van der Waals surface area contributed by atoms with Gasteiger partial charge in [-0.3, -0.25) is 9.59 Å². The first-order chi connectivity index (χ1) is 8.65. The van der Waals surface area contributed by atoms with E-state index in [0.717, 1.165) is 12.8 Å². The van der Waals surface area contributed by atoms with E-state index in [0.29, 0.717) is 25.6 Å². The molecule has 0 aromatic heterocycles. The van der Waals surface area contributed by atoms with Gasteiger partial charge in [-0.05, 0) is 12.8 Å². The van der Waals surface area contributed by atoms with Crippen LogP contribution >= 0.6 is 0 Å². The molecule has 4 nitrogen and oxygen atoms in total. The largest absolute Gasteiger partial charge is 0.354 e. The summed E-state index contributed by atoms with van der Waals surface area (Å²) < 4.78 is 0. The summed E-state index contributed by atoms with van der Waals surface area (Å²) in [7, 11) is 0. The second-order valence-electron chi connectivity index (χ2n) is 5.06. The summed E-state index contributed by atoms with van der Waals surface area (Å²) in [4.78, 5) is 24.8. The Balaban J connectivity index is 2.42. The Morgan fingerprint density at radius 3 is 2.28 bits per heavy atom. The third-order valence-electron chi connectivity index (χ3n) is 3.67. The summed E-state index contributed by atoms with van der Waals surface area (Å²) in [6, 6.07) is 0.378. The first kappa shape index (κ1) is 15.0. The van der Waals surface area contributed by atoms with Crippen molar-refractivity contribution in [2.24, 2.45) is 0 Å². The molecule has 0 aromatic rings. The number of amides is 2. The quantitative estimate of drug-likeness (QED) is 0.764. The van der Waals surface area contributed by atoms with E-state index in [-0.39, 0.29) is 11.8 Å². The molecule has 0 saturated heterocycles. The molecule has 18 heavy (non-hydrogen) atoms. The monoisotopic (exact) mass is 254 g/mol. The Bertz CT molecular complexity index is 271. The lowest BCUT2D eigenvalue weighted by Crippen LogP contribution is -2.43. The predicted molar refractivity (Wildman–Crippen MR) is 72.2 cm³/mol. The zero-order chi connectivity index (χ0) is 13.4. The van der Waals surface area contributed by atoms with Gasteiger partial charge in [-0.15, -0.1) is 0 Å². The highest BCUT2D eigenvalue weighted by Gasteiger charge is 2.21. The second kappa shape index (κ2) is 8.11. The van der Waals surface area contributed by atoms with E-state index < -0.39 is 0 Å². The van der Waals surface area contributed by atoms with Crippen LogP contribution in [-0.2, 0) is 9.59 Å². The van der Waals surface area contributed by atoms with Crippen molar-refractivity contribution in [3.63, 3.8) is 0 Å². The molecule has 1 aliphatic rings. The van der Waals surface area contributed by atoms with Crippen molar-refractivity contribution in [3.05, 3.63) is 0 Å². The van der Waals surface area contributed by atoms with Gasteiger partial charge in [0.2, 0.25) is 11.8 Å². The Hall–Kier alpha value is -1.06. The van der Waals surface area contributed by atoms with Crippen molar-refractivity contribution in [1.82, 2.24) is 10.2 Å². The molecule has 0 atom stereocenters. The van der Waals surface area contributed by atoms with Crippen molar-refractivity contribution in [2.75, 3.05) is 13.1 Å². The van der Waals surface area contributed by atoms with Gasteiger partial charge in [0.25, 0.3) is 0 Å². The standard InChI is InChI=1S/C14H26N2O2/c1-3-14(18)15-10-11-16(12(2)17)13-8-6-4-5-7-9-13/h13H,3-11H2,1-2H3,(H,15,18). The highest BCUT2D eigenvalue weighted by atomic mass is 16.2. The minimum Gasteiger partial charge on any atom is -0.354 e. The zero-order valence-electron chi connectivity index (χ0n) is 11.7. The number of carbonyl (C=O) groups is 2. The van der Waals surface area contributed by atoms with Gasteiger partial charge in [0.15, 0.2) is 0 Å².